The van der Waals surface area contributed by atoms with Gasteiger partial charge >= 0.3 is 5.97 Å². The maximum Gasteiger partial charge on any atom is 0.311 e. The van der Waals surface area contributed by atoms with Crippen LogP contribution in [0.15, 0.2) is 91.0 Å². The summed E-state index contributed by atoms with van der Waals surface area (Å²) in [5.74, 6) is -1.36. The fourth-order valence-electron chi connectivity index (χ4n) is 3.66. The molecule has 2 atom stereocenters. The Labute approximate surface area is 200 Å². The van der Waals surface area contributed by atoms with Crippen LogP contribution < -0.4 is 10.6 Å². The second-order valence-electron chi connectivity index (χ2n) is 7.95. The van der Waals surface area contributed by atoms with E-state index in [-0.39, 0.29) is 37.4 Å². The molecule has 0 heterocycles. The minimum Gasteiger partial charge on any atom is -0.466 e. The summed E-state index contributed by atoms with van der Waals surface area (Å²) >= 11 is 0. The SMILES string of the molecule is CCOC(=O)[C@@H](CNC(=O)C[C@@H](NC(=O)c1ccccc1)c1ccccc1)Cc1ccccc1. The highest BCUT2D eigenvalue weighted by atomic mass is 16.5. The fraction of sp³-hybridized carbons (Fsp3) is 0.250. The summed E-state index contributed by atoms with van der Waals surface area (Å²) in [6.45, 7) is 2.19. The van der Waals surface area contributed by atoms with Crippen molar-refractivity contribution in [2.45, 2.75) is 25.8 Å². The number of hydrogen-bond donors (Lipinski definition) is 2. The Morgan fingerprint density at radius 2 is 1.41 bits per heavy atom. The average molecular weight is 459 g/mol. The highest BCUT2D eigenvalue weighted by molar-refractivity contribution is 5.94. The molecule has 0 aromatic heterocycles. The van der Waals surface area contributed by atoms with E-state index in [4.69, 9.17) is 4.74 Å². The summed E-state index contributed by atoms with van der Waals surface area (Å²) in [6.07, 6.45) is 0.510. The molecule has 0 unspecified atom stereocenters. The quantitative estimate of drug-likeness (QED) is 0.424. The summed E-state index contributed by atoms with van der Waals surface area (Å²) in [7, 11) is 0. The maximum absolute atomic E-state index is 12.9. The van der Waals surface area contributed by atoms with E-state index >= 15 is 0 Å². The normalized spacial score (nSPS) is 12.3. The summed E-state index contributed by atoms with van der Waals surface area (Å²) in [5.41, 5.74) is 2.34. The van der Waals surface area contributed by atoms with Gasteiger partial charge in [-0.1, -0.05) is 78.9 Å². The number of carbonyl (C=O) groups is 3. The molecule has 6 heteroatoms. The predicted molar refractivity (Wildman–Crippen MR) is 131 cm³/mol. The van der Waals surface area contributed by atoms with Gasteiger partial charge in [-0.2, -0.15) is 0 Å². The summed E-state index contributed by atoms with van der Waals surface area (Å²) in [5, 5.41) is 5.82. The first-order valence-electron chi connectivity index (χ1n) is 11.4. The molecule has 0 saturated carbocycles. The fourth-order valence-corrected chi connectivity index (χ4v) is 3.66. The molecular weight excluding hydrogens is 428 g/mol. The van der Waals surface area contributed by atoms with Crippen LogP contribution in [0.1, 0.15) is 40.9 Å². The van der Waals surface area contributed by atoms with Gasteiger partial charge in [-0.15, -0.1) is 0 Å². The van der Waals surface area contributed by atoms with Crippen molar-refractivity contribution < 1.29 is 19.1 Å². The molecule has 2 amide bonds. The summed E-state index contributed by atoms with van der Waals surface area (Å²) in [4.78, 5) is 38.1. The van der Waals surface area contributed by atoms with Crippen molar-refractivity contribution in [3.8, 4) is 0 Å². The minimum atomic E-state index is -0.510. The number of nitrogens with one attached hydrogen (secondary N) is 2. The van der Waals surface area contributed by atoms with E-state index in [0.717, 1.165) is 11.1 Å². The van der Waals surface area contributed by atoms with Gasteiger partial charge < -0.3 is 15.4 Å². The average Bonchev–Trinajstić information content (AvgIpc) is 2.88. The first-order valence-corrected chi connectivity index (χ1v) is 11.4. The number of esters is 1. The van der Waals surface area contributed by atoms with Gasteiger partial charge in [0.2, 0.25) is 5.91 Å². The zero-order chi connectivity index (χ0) is 24.2. The largest absolute Gasteiger partial charge is 0.466 e. The van der Waals surface area contributed by atoms with Crippen molar-refractivity contribution in [2.24, 2.45) is 5.92 Å². The minimum absolute atomic E-state index is 0.0451. The molecule has 0 fully saturated rings. The van der Waals surface area contributed by atoms with E-state index < -0.39 is 12.0 Å². The van der Waals surface area contributed by atoms with Crippen LogP contribution in [0, 0.1) is 5.92 Å². The van der Waals surface area contributed by atoms with Crippen LogP contribution in [0.25, 0.3) is 0 Å². The summed E-state index contributed by atoms with van der Waals surface area (Å²) in [6, 6.07) is 27.4. The number of benzene rings is 3. The van der Waals surface area contributed by atoms with Crippen molar-refractivity contribution in [3.63, 3.8) is 0 Å². The molecule has 3 aromatic carbocycles. The smallest absolute Gasteiger partial charge is 0.311 e. The molecule has 0 spiro atoms. The molecule has 0 bridgehead atoms. The molecule has 3 aromatic rings. The van der Waals surface area contributed by atoms with Gasteiger partial charge in [-0.3, -0.25) is 14.4 Å². The molecule has 2 N–H and O–H groups in total. The Balaban J connectivity index is 1.66. The van der Waals surface area contributed by atoms with E-state index in [9.17, 15) is 14.4 Å². The van der Waals surface area contributed by atoms with Gasteiger partial charge in [0.25, 0.3) is 5.91 Å². The van der Waals surface area contributed by atoms with Crippen LogP contribution in [0.2, 0.25) is 0 Å². The summed E-state index contributed by atoms with van der Waals surface area (Å²) < 4.78 is 5.21. The number of carbonyl (C=O) groups excluding carboxylic acids is 3. The Kier molecular flexibility index (Phi) is 9.40. The molecule has 0 aliphatic rings. The number of amides is 2. The lowest BCUT2D eigenvalue weighted by Gasteiger charge is -2.21. The molecule has 0 saturated heterocycles. The van der Waals surface area contributed by atoms with Crippen LogP contribution in [-0.4, -0.2) is 30.9 Å². The van der Waals surface area contributed by atoms with Gasteiger partial charge in [-0.05, 0) is 36.6 Å². The third kappa shape index (κ3) is 7.59. The van der Waals surface area contributed by atoms with Gasteiger partial charge in [0.05, 0.1) is 25.0 Å². The molecular formula is C28H30N2O4. The lowest BCUT2D eigenvalue weighted by atomic mass is 9.98. The van der Waals surface area contributed by atoms with E-state index in [1.807, 2.05) is 66.7 Å². The Morgan fingerprint density at radius 1 is 0.824 bits per heavy atom. The molecule has 0 aliphatic carbocycles. The monoisotopic (exact) mass is 458 g/mol. The highest BCUT2D eigenvalue weighted by Gasteiger charge is 2.23. The molecule has 3 rings (SSSR count). The zero-order valence-electron chi connectivity index (χ0n) is 19.3. The highest BCUT2D eigenvalue weighted by Crippen LogP contribution is 2.18. The Hall–Kier alpha value is -3.93. The van der Waals surface area contributed by atoms with Crippen molar-refractivity contribution in [1.29, 1.82) is 0 Å². The Morgan fingerprint density at radius 3 is 2.03 bits per heavy atom. The van der Waals surface area contributed by atoms with Crippen molar-refractivity contribution in [3.05, 3.63) is 108 Å². The van der Waals surface area contributed by atoms with Crippen LogP contribution in [-0.2, 0) is 20.7 Å². The molecule has 34 heavy (non-hydrogen) atoms. The van der Waals surface area contributed by atoms with Crippen molar-refractivity contribution >= 4 is 17.8 Å². The van der Waals surface area contributed by atoms with E-state index in [1.54, 1.807) is 31.2 Å². The second-order valence-corrected chi connectivity index (χ2v) is 7.95. The third-order valence-electron chi connectivity index (χ3n) is 5.42. The van der Waals surface area contributed by atoms with Gasteiger partial charge in [0.1, 0.15) is 0 Å². The topological polar surface area (TPSA) is 84.5 Å². The standard InChI is InChI=1S/C28H30N2O4/c1-2-34-28(33)24(18-21-12-6-3-7-13-21)20-29-26(31)19-25(22-14-8-4-9-15-22)30-27(32)23-16-10-5-11-17-23/h3-17,24-25H,2,18-20H2,1H3,(H,29,31)(H,30,32)/t24-,25-/m1/s1. The van der Waals surface area contributed by atoms with Crippen LogP contribution in [0.4, 0.5) is 0 Å². The first kappa shape index (κ1) is 24.7. The molecule has 176 valence electrons. The molecule has 6 nitrogen and oxygen atoms in total. The van der Waals surface area contributed by atoms with Crippen LogP contribution >= 0.6 is 0 Å². The van der Waals surface area contributed by atoms with Gasteiger partial charge in [-0.25, -0.2) is 0 Å². The molecule has 0 aliphatic heterocycles. The number of rotatable bonds is 11. The lowest BCUT2D eigenvalue weighted by molar-refractivity contribution is -0.147. The first-order chi connectivity index (χ1) is 16.6. The van der Waals surface area contributed by atoms with E-state index in [2.05, 4.69) is 10.6 Å². The van der Waals surface area contributed by atoms with Gasteiger partial charge in [0.15, 0.2) is 0 Å². The van der Waals surface area contributed by atoms with E-state index in [1.165, 1.54) is 0 Å². The lowest BCUT2D eigenvalue weighted by Crippen LogP contribution is -2.38. The molecule has 0 radical (unpaired) electrons. The second kappa shape index (κ2) is 12.9. The maximum atomic E-state index is 12.9. The van der Waals surface area contributed by atoms with Crippen molar-refractivity contribution in [1.82, 2.24) is 10.6 Å². The number of hydrogen-bond acceptors (Lipinski definition) is 4. The third-order valence-corrected chi connectivity index (χ3v) is 5.42. The number of ether oxygens (including phenoxy) is 1. The predicted octanol–water partition coefficient (Wildman–Crippen LogP) is 4.09. The zero-order valence-corrected chi connectivity index (χ0v) is 19.3. The van der Waals surface area contributed by atoms with Crippen molar-refractivity contribution in [2.75, 3.05) is 13.2 Å². The van der Waals surface area contributed by atoms with Crippen LogP contribution in [0.5, 0.6) is 0 Å². The Bertz CT molecular complexity index is 1060. The van der Waals surface area contributed by atoms with Crippen LogP contribution in [0.3, 0.4) is 0 Å². The van der Waals surface area contributed by atoms with Gasteiger partial charge in [0, 0.05) is 12.1 Å². The van der Waals surface area contributed by atoms with E-state index in [0.29, 0.717) is 12.0 Å².